The Bertz CT molecular complexity index is 1000. The summed E-state index contributed by atoms with van der Waals surface area (Å²) in [6, 6.07) is 5.99. The van der Waals surface area contributed by atoms with E-state index in [-0.39, 0.29) is 24.5 Å². The van der Waals surface area contributed by atoms with Crippen LogP contribution in [0.15, 0.2) is 35.3 Å². The van der Waals surface area contributed by atoms with Gasteiger partial charge in [-0.05, 0) is 36.8 Å². The van der Waals surface area contributed by atoms with Crippen molar-refractivity contribution in [2.45, 2.75) is 20.1 Å². The largest absolute Gasteiger partial charge is 0.486 e. The number of ether oxygens (including phenoxy) is 1. The van der Waals surface area contributed by atoms with Gasteiger partial charge in [0, 0.05) is 12.7 Å². The van der Waals surface area contributed by atoms with Crippen LogP contribution in [0.4, 0.5) is 4.39 Å². The summed E-state index contributed by atoms with van der Waals surface area (Å²) in [5.41, 5.74) is 1.18. The Morgan fingerprint density at radius 3 is 2.96 bits per heavy atom. The van der Waals surface area contributed by atoms with Crippen LogP contribution in [0.3, 0.4) is 0 Å². The second-order valence-corrected chi connectivity index (χ2v) is 5.66. The highest BCUT2D eigenvalue weighted by atomic mass is 19.1. The summed E-state index contributed by atoms with van der Waals surface area (Å²) in [4.78, 5) is 34.0. The van der Waals surface area contributed by atoms with Crippen LogP contribution < -0.4 is 15.6 Å². The van der Waals surface area contributed by atoms with Gasteiger partial charge in [0.15, 0.2) is 0 Å². The van der Waals surface area contributed by atoms with Crippen molar-refractivity contribution in [1.29, 1.82) is 0 Å². The molecule has 0 amide bonds. The summed E-state index contributed by atoms with van der Waals surface area (Å²) in [6.45, 7) is 2.15. The van der Waals surface area contributed by atoms with Crippen LogP contribution in [-0.2, 0) is 17.9 Å². The Balaban J connectivity index is 1.86. The van der Waals surface area contributed by atoms with Gasteiger partial charge in [0.2, 0.25) is 0 Å². The van der Waals surface area contributed by atoms with E-state index in [2.05, 4.69) is 20.3 Å². The monoisotopic (exact) mass is 356 g/mol. The smallest absolute Gasteiger partial charge is 0.258 e. The van der Waals surface area contributed by atoms with Crippen LogP contribution >= 0.6 is 0 Å². The maximum absolute atomic E-state index is 13.3. The molecule has 2 N–H and O–H groups in total. The molecule has 7 nitrogen and oxygen atoms in total. The number of aryl methyl sites for hydroxylation is 1. The summed E-state index contributed by atoms with van der Waals surface area (Å²) in [6.07, 6.45) is 2.27. The number of fused-ring (bicyclic) bond motifs is 1. The zero-order valence-corrected chi connectivity index (χ0v) is 14.1. The lowest BCUT2D eigenvalue weighted by atomic mass is 10.2. The number of pyridine rings is 1. The first-order chi connectivity index (χ1) is 12.6. The molecule has 0 aliphatic carbocycles. The van der Waals surface area contributed by atoms with Crippen molar-refractivity contribution in [3.63, 3.8) is 0 Å². The number of carbonyl (C=O) groups excluding carboxylic acids is 1. The Morgan fingerprint density at radius 1 is 1.35 bits per heavy atom. The van der Waals surface area contributed by atoms with Gasteiger partial charge < -0.3 is 19.8 Å². The van der Waals surface area contributed by atoms with Gasteiger partial charge in [0.1, 0.15) is 35.8 Å². The number of hydrogen-bond acceptors (Lipinski definition) is 6. The highest BCUT2D eigenvalue weighted by Crippen LogP contribution is 2.17. The number of rotatable bonds is 7. The maximum Gasteiger partial charge on any atom is 0.258 e. The minimum absolute atomic E-state index is 0.0202. The van der Waals surface area contributed by atoms with Crippen molar-refractivity contribution in [1.82, 2.24) is 20.3 Å². The number of nitrogens with zero attached hydrogens (tertiary/aromatic N) is 2. The van der Waals surface area contributed by atoms with Crippen molar-refractivity contribution < 1.29 is 13.9 Å². The Labute approximate surface area is 148 Å². The van der Waals surface area contributed by atoms with E-state index in [0.29, 0.717) is 40.3 Å². The van der Waals surface area contributed by atoms with Crippen molar-refractivity contribution >= 4 is 17.2 Å². The molecule has 3 rings (SSSR count). The molecule has 0 unspecified atom stereocenters. The van der Waals surface area contributed by atoms with Crippen LogP contribution in [0.25, 0.3) is 10.9 Å². The molecular weight excluding hydrogens is 339 g/mol. The fourth-order valence-corrected chi connectivity index (χ4v) is 2.47. The molecule has 26 heavy (non-hydrogen) atoms. The van der Waals surface area contributed by atoms with Crippen LogP contribution in [0.2, 0.25) is 0 Å². The Kier molecular flexibility index (Phi) is 5.33. The molecule has 0 atom stereocenters. The van der Waals surface area contributed by atoms with E-state index in [0.717, 1.165) is 6.29 Å². The van der Waals surface area contributed by atoms with E-state index in [1.807, 2.05) is 0 Å². The summed E-state index contributed by atoms with van der Waals surface area (Å²) in [5, 5.41) is 3.31. The minimum Gasteiger partial charge on any atom is -0.486 e. The average molecular weight is 356 g/mol. The molecule has 134 valence electrons. The van der Waals surface area contributed by atoms with E-state index in [1.165, 1.54) is 18.3 Å². The van der Waals surface area contributed by atoms with Gasteiger partial charge in [-0.2, -0.15) is 0 Å². The summed E-state index contributed by atoms with van der Waals surface area (Å²) < 4.78 is 18.9. The second kappa shape index (κ2) is 7.83. The Hall–Kier alpha value is -3.13. The Morgan fingerprint density at radius 2 is 2.19 bits per heavy atom. The number of nitrogens with one attached hydrogen (secondary N) is 2. The zero-order valence-electron chi connectivity index (χ0n) is 14.1. The molecule has 0 aliphatic heterocycles. The molecule has 0 spiro atoms. The lowest BCUT2D eigenvalue weighted by molar-refractivity contribution is -0.107. The number of halogens is 1. The SMILES string of the molecule is Cc1cc(OCc2nc3c(CNCC=O)nccc3c(=O)[nH]2)ccc1F. The first-order valence-electron chi connectivity index (χ1n) is 7.98. The summed E-state index contributed by atoms with van der Waals surface area (Å²) in [7, 11) is 0. The van der Waals surface area contributed by atoms with Crippen LogP contribution in [0, 0.1) is 12.7 Å². The third kappa shape index (κ3) is 3.92. The van der Waals surface area contributed by atoms with Gasteiger partial charge >= 0.3 is 0 Å². The van der Waals surface area contributed by atoms with Crippen molar-refractivity contribution in [2.75, 3.05) is 6.54 Å². The molecule has 2 heterocycles. The van der Waals surface area contributed by atoms with E-state index in [4.69, 9.17) is 4.74 Å². The lowest BCUT2D eigenvalue weighted by Crippen LogP contribution is -2.19. The van der Waals surface area contributed by atoms with Crippen molar-refractivity contribution in [2.24, 2.45) is 0 Å². The fourth-order valence-electron chi connectivity index (χ4n) is 2.47. The van der Waals surface area contributed by atoms with Gasteiger partial charge in [-0.25, -0.2) is 9.37 Å². The number of aldehydes is 1. The van der Waals surface area contributed by atoms with E-state index in [9.17, 15) is 14.0 Å². The molecular formula is C18H17FN4O3. The number of H-pyrrole nitrogens is 1. The molecule has 0 saturated heterocycles. The number of aromatic nitrogens is 3. The van der Waals surface area contributed by atoms with Gasteiger partial charge in [0.05, 0.1) is 17.6 Å². The molecule has 0 fully saturated rings. The number of hydrogen-bond donors (Lipinski definition) is 2. The highest BCUT2D eigenvalue weighted by molar-refractivity contribution is 5.79. The average Bonchev–Trinajstić information content (AvgIpc) is 2.63. The van der Waals surface area contributed by atoms with Crippen LogP contribution in [-0.4, -0.2) is 27.8 Å². The second-order valence-electron chi connectivity index (χ2n) is 5.66. The van der Waals surface area contributed by atoms with Crippen LogP contribution in [0.1, 0.15) is 17.1 Å². The quantitative estimate of drug-likeness (QED) is 0.493. The molecule has 3 aromatic rings. The van der Waals surface area contributed by atoms with E-state index >= 15 is 0 Å². The molecule has 2 aromatic heterocycles. The summed E-state index contributed by atoms with van der Waals surface area (Å²) >= 11 is 0. The van der Waals surface area contributed by atoms with Gasteiger partial charge in [-0.3, -0.25) is 9.78 Å². The number of benzene rings is 1. The standard InChI is InChI=1S/C18H17FN4O3/c1-11-8-12(2-3-14(11)19)26-10-16-22-17-13(18(25)23-16)4-5-21-15(17)9-20-6-7-24/h2-5,7-8,20H,6,9-10H2,1H3,(H,22,23,25). The molecule has 8 heteroatoms. The van der Waals surface area contributed by atoms with Crippen LogP contribution in [0.5, 0.6) is 5.75 Å². The molecule has 1 aromatic carbocycles. The predicted molar refractivity (Wildman–Crippen MR) is 93.4 cm³/mol. The van der Waals surface area contributed by atoms with E-state index in [1.54, 1.807) is 19.1 Å². The topological polar surface area (TPSA) is 97.0 Å². The van der Waals surface area contributed by atoms with E-state index < -0.39 is 0 Å². The molecule has 0 saturated carbocycles. The normalized spacial score (nSPS) is 10.8. The number of carbonyl (C=O) groups is 1. The van der Waals surface area contributed by atoms with Crippen molar-refractivity contribution in [3.8, 4) is 5.75 Å². The van der Waals surface area contributed by atoms with Gasteiger partial charge in [0.25, 0.3) is 5.56 Å². The zero-order chi connectivity index (χ0) is 18.5. The third-order valence-electron chi connectivity index (χ3n) is 3.77. The molecule has 0 aliphatic rings. The van der Waals surface area contributed by atoms with Crippen molar-refractivity contribution in [3.05, 3.63) is 63.7 Å². The first kappa shape index (κ1) is 17.7. The minimum atomic E-state index is -0.312. The maximum atomic E-state index is 13.3. The fraction of sp³-hybridized carbons (Fsp3) is 0.222. The first-order valence-corrected chi connectivity index (χ1v) is 7.98. The highest BCUT2D eigenvalue weighted by Gasteiger charge is 2.10. The lowest BCUT2D eigenvalue weighted by Gasteiger charge is -2.09. The van der Waals surface area contributed by atoms with Gasteiger partial charge in [-0.15, -0.1) is 0 Å². The number of aromatic amines is 1. The summed E-state index contributed by atoms with van der Waals surface area (Å²) in [5.74, 6) is 0.493. The predicted octanol–water partition coefficient (Wildman–Crippen LogP) is 1.63. The molecule has 0 bridgehead atoms. The third-order valence-corrected chi connectivity index (χ3v) is 3.77. The van der Waals surface area contributed by atoms with Gasteiger partial charge in [-0.1, -0.05) is 0 Å². The molecule has 0 radical (unpaired) electrons.